The predicted octanol–water partition coefficient (Wildman–Crippen LogP) is 4.81. The zero-order valence-electron chi connectivity index (χ0n) is 12.9. The van der Waals surface area contributed by atoms with Crippen LogP contribution in [0.25, 0.3) is 22.2 Å². The largest absolute Gasteiger partial charge is 0.487 e. The van der Waals surface area contributed by atoms with Gasteiger partial charge in [-0.2, -0.15) is 5.21 Å². The Morgan fingerprint density at radius 1 is 0.960 bits per heavy atom. The Labute approximate surface area is 171 Å². The lowest BCUT2D eigenvalue weighted by molar-refractivity contribution is 0.303. The second kappa shape index (κ2) is 7.24. The fraction of sp³-hybridized carbons (Fsp3) is 0.0556. The molecule has 0 aliphatic carbocycles. The van der Waals surface area contributed by atoms with Crippen LogP contribution in [0.15, 0.2) is 54.6 Å². The van der Waals surface area contributed by atoms with Gasteiger partial charge in [0.1, 0.15) is 12.4 Å². The van der Waals surface area contributed by atoms with Gasteiger partial charge in [-0.05, 0) is 78.9 Å². The lowest BCUT2D eigenvalue weighted by atomic mass is 10.1. The molecule has 0 spiro atoms. The van der Waals surface area contributed by atoms with Crippen LogP contribution in [0.2, 0.25) is 0 Å². The minimum absolute atomic E-state index is 0.523. The van der Waals surface area contributed by atoms with Gasteiger partial charge in [-0.3, -0.25) is 0 Å². The number of nitrogens with one attached hydrogen (secondary N) is 1. The maximum Gasteiger partial charge on any atom is 0.204 e. The van der Waals surface area contributed by atoms with Crippen LogP contribution in [0.5, 0.6) is 5.75 Å². The van der Waals surface area contributed by atoms with Crippen LogP contribution in [0.4, 0.5) is 0 Å². The Bertz CT molecular complexity index is 1010. The van der Waals surface area contributed by atoms with E-state index >= 15 is 0 Å². The molecule has 0 amide bonds. The highest BCUT2D eigenvalue weighted by molar-refractivity contribution is 14.1. The maximum absolute atomic E-state index is 6.15. The number of H-pyrrole nitrogens is 1. The molecule has 3 aromatic carbocycles. The molecule has 7 heteroatoms. The number of hydrogen-bond donors (Lipinski definition) is 1. The number of fused-ring (bicyclic) bond motifs is 1. The predicted molar refractivity (Wildman–Crippen MR) is 113 cm³/mol. The van der Waals surface area contributed by atoms with Gasteiger partial charge in [-0.15, -0.1) is 10.2 Å². The van der Waals surface area contributed by atoms with Gasteiger partial charge < -0.3 is 4.74 Å². The summed E-state index contributed by atoms with van der Waals surface area (Å²) in [5, 5.41) is 16.6. The molecule has 0 aliphatic heterocycles. The molecule has 1 heterocycles. The summed E-state index contributed by atoms with van der Waals surface area (Å²) in [6.07, 6.45) is 0. The summed E-state index contributed by atoms with van der Waals surface area (Å²) in [5.74, 6) is 1.46. The third-order valence-electron chi connectivity index (χ3n) is 3.85. The fourth-order valence-corrected chi connectivity index (χ4v) is 4.76. The molecule has 0 saturated heterocycles. The Morgan fingerprint density at radius 3 is 2.48 bits per heavy atom. The molecule has 0 unspecified atom stereocenters. The third-order valence-corrected chi connectivity index (χ3v) is 5.46. The summed E-state index contributed by atoms with van der Waals surface area (Å²) in [6, 6.07) is 18.7. The van der Waals surface area contributed by atoms with Gasteiger partial charge in [0.2, 0.25) is 5.82 Å². The van der Waals surface area contributed by atoms with Crippen LogP contribution in [-0.4, -0.2) is 20.6 Å². The lowest BCUT2D eigenvalue weighted by Crippen LogP contribution is -2.00. The van der Waals surface area contributed by atoms with Crippen molar-refractivity contribution in [2.45, 2.75) is 6.61 Å². The monoisotopic (exact) mass is 554 g/mol. The average Bonchev–Trinajstić information content (AvgIpc) is 3.15. The second-order valence-electron chi connectivity index (χ2n) is 5.43. The number of aromatic nitrogens is 4. The van der Waals surface area contributed by atoms with E-state index in [0.717, 1.165) is 18.5 Å². The molecule has 0 radical (unpaired) electrons. The van der Waals surface area contributed by atoms with E-state index in [1.54, 1.807) is 0 Å². The van der Waals surface area contributed by atoms with Crippen LogP contribution in [0.3, 0.4) is 0 Å². The Morgan fingerprint density at radius 2 is 1.72 bits per heavy atom. The molecule has 124 valence electrons. The van der Waals surface area contributed by atoms with Gasteiger partial charge in [0, 0.05) is 5.56 Å². The van der Waals surface area contributed by atoms with Crippen molar-refractivity contribution < 1.29 is 4.74 Å². The van der Waals surface area contributed by atoms with Gasteiger partial charge in [0.15, 0.2) is 0 Å². The first-order valence-corrected chi connectivity index (χ1v) is 9.70. The van der Waals surface area contributed by atoms with Crippen LogP contribution >= 0.6 is 45.2 Å². The number of ether oxygens (including phenoxy) is 1. The smallest absolute Gasteiger partial charge is 0.204 e. The molecular formula is C18H12I2N4O. The van der Waals surface area contributed by atoms with Crippen LogP contribution in [-0.2, 0) is 6.61 Å². The van der Waals surface area contributed by atoms with Crippen molar-refractivity contribution in [3.8, 4) is 17.1 Å². The number of hydrogen-bond acceptors (Lipinski definition) is 4. The van der Waals surface area contributed by atoms with Crippen LogP contribution in [0, 0.1) is 7.14 Å². The molecule has 0 fully saturated rings. The van der Waals surface area contributed by atoms with Crippen molar-refractivity contribution in [3.05, 3.63) is 67.3 Å². The highest BCUT2D eigenvalue weighted by atomic mass is 127. The zero-order chi connectivity index (χ0) is 17.2. The highest BCUT2D eigenvalue weighted by Crippen LogP contribution is 2.32. The topological polar surface area (TPSA) is 63.7 Å². The standard InChI is InChI=1S/C18H12I2N4O/c19-15-8-13(18-21-23-24-22-18)9-16(20)17(15)25-10-12-6-3-5-11-4-1-2-7-14(11)12/h1-9H,10H2,(H,21,22,23,24). The quantitative estimate of drug-likeness (QED) is 0.368. The lowest BCUT2D eigenvalue weighted by Gasteiger charge is -2.13. The molecule has 1 N–H and O–H groups in total. The molecule has 1 aromatic heterocycles. The highest BCUT2D eigenvalue weighted by Gasteiger charge is 2.13. The van der Waals surface area contributed by atoms with Gasteiger partial charge in [0.05, 0.1) is 7.14 Å². The Balaban J connectivity index is 1.63. The molecule has 4 aromatic rings. The Hall–Kier alpha value is -1.75. The van der Waals surface area contributed by atoms with Gasteiger partial charge in [-0.1, -0.05) is 42.5 Å². The number of halogens is 2. The summed E-state index contributed by atoms with van der Waals surface area (Å²) in [7, 11) is 0. The summed E-state index contributed by atoms with van der Waals surface area (Å²) in [5.41, 5.74) is 2.09. The van der Waals surface area contributed by atoms with E-state index in [4.69, 9.17) is 4.74 Å². The van der Waals surface area contributed by atoms with Crippen molar-refractivity contribution in [3.63, 3.8) is 0 Å². The van der Waals surface area contributed by atoms with Crippen molar-refractivity contribution in [2.24, 2.45) is 0 Å². The van der Waals surface area contributed by atoms with Gasteiger partial charge in [0.25, 0.3) is 0 Å². The number of aromatic amines is 1. The van der Waals surface area contributed by atoms with E-state index in [9.17, 15) is 0 Å². The number of nitrogens with zero attached hydrogens (tertiary/aromatic N) is 3. The first kappa shape index (κ1) is 16.7. The summed E-state index contributed by atoms with van der Waals surface area (Å²) in [4.78, 5) is 0. The molecule has 5 nitrogen and oxygen atoms in total. The summed E-state index contributed by atoms with van der Waals surface area (Å²) in [6.45, 7) is 0.523. The van der Waals surface area contributed by atoms with Crippen molar-refractivity contribution in [1.29, 1.82) is 0 Å². The van der Waals surface area contributed by atoms with Crippen molar-refractivity contribution in [1.82, 2.24) is 20.6 Å². The van der Waals surface area contributed by atoms with Crippen molar-refractivity contribution in [2.75, 3.05) is 0 Å². The van der Waals surface area contributed by atoms with Crippen LogP contribution < -0.4 is 4.74 Å². The second-order valence-corrected chi connectivity index (χ2v) is 7.76. The normalized spacial score (nSPS) is 11.0. The molecular weight excluding hydrogens is 542 g/mol. The first-order chi connectivity index (χ1) is 12.2. The van der Waals surface area contributed by atoms with Crippen molar-refractivity contribution >= 4 is 56.0 Å². The SMILES string of the molecule is Ic1cc(-c2nn[nH]n2)cc(I)c1OCc1cccc2ccccc12. The number of tetrazole rings is 1. The van der Waals surface area contributed by atoms with E-state index < -0.39 is 0 Å². The van der Waals surface area contributed by atoms with E-state index in [1.807, 2.05) is 12.1 Å². The minimum atomic E-state index is 0.523. The summed E-state index contributed by atoms with van der Waals surface area (Å²) < 4.78 is 8.19. The molecule has 0 bridgehead atoms. The molecule has 4 rings (SSSR count). The molecule has 0 saturated carbocycles. The fourth-order valence-electron chi connectivity index (χ4n) is 2.68. The van der Waals surface area contributed by atoms with E-state index in [0.29, 0.717) is 12.4 Å². The summed E-state index contributed by atoms with van der Waals surface area (Å²) >= 11 is 4.56. The minimum Gasteiger partial charge on any atom is -0.487 e. The molecule has 25 heavy (non-hydrogen) atoms. The average molecular weight is 554 g/mol. The number of benzene rings is 3. The number of rotatable bonds is 4. The van der Waals surface area contributed by atoms with Gasteiger partial charge >= 0.3 is 0 Å². The van der Waals surface area contributed by atoms with Gasteiger partial charge in [-0.25, -0.2) is 0 Å². The first-order valence-electron chi connectivity index (χ1n) is 7.54. The van der Waals surface area contributed by atoms with E-state index in [-0.39, 0.29) is 0 Å². The van der Waals surface area contributed by atoms with E-state index in [1.165, 1.54) is 16.3 Å². The maximum atomic E-state index is 6.15. The third kappa shape index (κ3) is 3.47. The zero-order valence-corrected chi connectivity index (χ0v) is 17.2. The molecule has 0 aliphatic rings. The Kier molecular flexibility index (Phi) is 4.84. The molecule has 0 atom stereocenters. The van der Waals surface area contributed by atoms with Crippen LogP contribution in [0.1, 0.15) is 5.56 Å². The van der Waals surface area contributed by atoms with E-state index in [2.05, 4.69) is 108 Å².